The number of halogens is 1. The van der Waals surface area contributed by atoms with E-state index in [1.54, 1.807) is 16.6 Å². The van der Waals surface area contributed by atoms with Crippen LogP contribution in [0.4, 0.5) is 10.1 Å². The number of nitrogens with zero attached hydrogens (tertiary/aromatic N) is 5. The van der Waals surface area contributed by atoms with Crippen LogP contribution >= 0.6 is 0 Å². The van der Waals surface area contributed by atoms with Gasteiger partial charge in [-0.15, -0.1) is 0 Å². The van der Waals surface area contributed by atoms with Crippen molar-refractivity contribution < 1.29 is 9.18 Å². The second-order valence-electron chi connectivity index (χ2n) is 8.06. The molecular weight excluding hydrogens is 371 g/mol. The predicted octanol–water partition coefficient (Wildman–Crippen LogP) is 2.31. The van der Waals surface area contributed by atoms with Gasteiger partial charge in [0.2, 0.25) is 11.9 Å². The van der Waals surface area contributed by atoms with E-state index in [4.69, 9.17) is 0 Å². The molecule has 0 saturated carbocycles. The normalized spacial score (nSPS) is 22.6. The number of rotatable bonds is 3. The number of aromatic nitrogens is 2. The number of benzene rings is 1. The fraction of sp³-hybridized carbons (Fsp3) is 0.429. The Morgan fingerprint density at radius 1 is 1.24 bits per heavy atom. The molecule has 0 unspecified atom stereocenters. The highest BCUT2D eigenvalue weighted by molar-refractivity contribution is 6.05. The van der Waals surface area contributed by atoms with E-state index in [1.807, 2.05) is 25.3 Å². The number of likely N-dealkylation sites (N-methyl/N-ethyl adjacent to an activating group) is 1. The molecule has 3 aliphatic rings. The van der Waals surface area contributed by atoms with E-state index in [2.05, 4.69) is 32.3 Å². The van der Waals surface area contributed by atoms with Crippen LogP contribution in [0.2, 0.25) is 0 Å². The number of nitrogens with one attached hydrogen (secondary N) is 1. The molecule has 1 amide bonds. The Bertz CT molecular complexity index is 1030. The monoisotopic (exact) mass is 396 g/mol. The van der Waals surface area contributed by atoms with Gasteiger partial charge < -0.3 is 15.1 Å². The number of hydrogen-bond donors (Lipinski definition) is 1. The van der Waals surface area contributed by atoms with Crippen LogP contribution in [-0.2, 0) is 11.3 Å². The Balaban J connectivity index is 1.30. The first kappa shape index (κ1) is 18.2. The largest absolute Gasteiger partial charge is 0.365 e. The fourth-order valence-electron chi connectivity index (χ4n) is 4.39. The Hall–Kier alpha value is -2.87. The first-order valence-corrected chi connectivity index (χ1v) is 10.1. The Labute approximate surface area is 169 Å². The molecule has 1 aromatic carbocycles. The quantitative estimate of drug-likeness (QED) is 0.807. The van der Waals surface area contributed by atoms with Crippen molar-refractivity contribution in [1.82, 2.24) is 24.5 Å². The minimum atomic E-state index is -0.290. The summed E-state index contributed by atoms with van der Waals surface area (Å²) in [6.07, 6.45) is 5.73. The average molecular weight is 396 g/mol. The summed E-state index contributed by atoms with van der Waals surface area (Å²) in [5.41, 5.74) is 3.66. The molecule has 29 heavy (non-hydrogen) atoms. The van der Waals surface area contributed by atoms with Crippen LogP contribution in [0.15, 0.2) is 42.1 Å². The van der Waals surface area contributed by atoms with Crippen LogP contribution < -0.4 is 5.32 Å². The summed E-state index contributed by atoms with van der Waals surface area (Å²) in [7, 11) is 1.78. The average Bonchev–Trinajstić information content (AvgIpc) is 3.14. The third-order valence-corrected chi connectivity index (χ3v) is 6.07. The molecule has 7 nitrogen and oxygen atoms in total. The van der Waals surface area contributed by atoms with Gasteiger partial charge in [-0.1, -0.05) is 6.08 Å². The lowest BCUT2D eigenvalue weighted by Crippen LogP contribution is -2.46. The van der Waals surface area contributed by atoms with Crippen LogP contribution in [0.25, 0.3) is 10.9 Å². The summed E-state index contributed by atoms with van der Waals surface area (Å²) in [4.78, 5) is 18.3. The zero-order valence-electron chi connectivity index (χ0n) is 16.7. The van der Waals surface area contributed by atoms with Gasteiger partial charge in [-0.05, 0) is 30.7 Å². The van der Waals surface area contributed by atoms with Gasteiger partial charge in [-0.2, -0.15) is 9.49 Å². The predicted molar refractivity (Wildman–Crippen MR) is 110 cm³/mol. The lowest BCUT2D eigenvalue weighted by atomic mass is 10.1. The highest BCUT2D eigenvalue weighted by atomic mass is 19.1. The highest BCUT2D eigenvalue weighted by Gasteiger charge is 2.27. The number of allylic oxidation sites excluding steroid dienone is 1. The minimum absolute atomic E-state index is 0.0333. The molecule has 0 radical (unpaired) electrons. The van der Waals surface area contributed by atoms with Crippen LogP contribution in [0.3, 0.4) is 0 Å². The molecular formula is C21H25FN6O. The van der Waals surface area contributed by atoms with Gasteiger partial charge in [0.1, 0.15) is 6.04 Å². The van der Waals surface area contributed by atoms with Crippen LogP contribution in [0, 0.1) is 0 Å². The maximum atomic E-state index is 14.4. The van der Waals surface area contributed by atoms with E-state index >= 15 is 0 Å². The zero-order valence-corrected chi connectivity index (χ0v) is 16.7. The van der Waals surface area contributed by atoms with Crippen LogP contribution in [-0.4, -0.2) is 70.2 Å². The van der Waals surface area contributed by atoms with E-state index in [1.165, 1.54) is 0 Å². The first-order valence-electron chi connectivity index (χ1n) is 10.1. The van der Waals surface area contributed by atoms with Gasteiger partial charge >= 0.3 is 0 Å². The summed E-state index contributed by atoms with van der Waals surface area (Å²) in [6, 6.07) is 3.92. The molecule has 3 aliphatic heterocycles. The van der Waals surface area contributed by atoms with Gasteiger partial charge in [-0.3, -0.25) is 14.4 Å². The molecule has 8 heteroatoms. The van der Waals surface area contributed by atoms with Crippen molar-refractivity contribution in [3.8, 4) is 0 Å². The third-order valence-electron chi connectivity index (χ3n) is 6.07. The van der Waals surface area contributed by atoms with Crippen molar-refractivity contribution in [3.05, 3.63) is 47.7 Å². The molecule has 2 aromatic rings. The number of carbonyl (C=O) groups is 1. The fourth-order valence-corrected chi connectivity index (χ4v) is 4.39. The number of piperazine rings is 1. The summed E-state index contributed by atoms with van der Waals surface area (Å²) in [6.45, 7) is 6.59. The summed E-state index contributed by atoms with van der Waals surface area (Å²) in [5.74, 6) is -0.179. The number of anilines is 1. The van der Waals surface area contributed by atoms with Crippen molar-refractivity contribution in [2.24, 2.45) is 0 Å². The standard InChI is InChI=1S/C21H25FN6O/c1-14-21(29)24-17-11-15(10-16-12-23-28(14)19(16)17)13-26-6-8-27(9-7-26)18-4-3-5-25(2)20(18)22/h3-4,10-12,14H,5-9,13H2,1-2H3,(H,24,29)/t14-/m1/s1. The number of carbonyl (C=O) groups excluding carboxylic acids is 1. The second kappa shape index (κ2) is 6.88. The molecule has 1 fully saturated rings. The van der Waals surface area contributed by atoms with Gasteiger partial charge in [0.05, 0.1) is 23.1 Å². The number of hydrogen-bond acceptors (Lipinski definition) is 5. The number of amides is 1. The first-order chi connectivity index (χ1) is 14.0. The molecule has 5 rings (SSSR count). The van der Waals surface area contributed by atoms with E-state index in [0.29, 0.717) is 12.2 Å². The van der Waals surface area contributed by atoms with Crippen molar-refractivity contribution in [2.45, 2.75) is 19.5 Å². The minimum Gasteiger partial charge on any atom is -0.365 e. The van der Waals surface area contributed by atoms with Gasteiger partial charge in [0.25, 0.3) is 0 Å². The van der Waals surface area contributed by atoms with E-state index in [9.17, 15) is 9.18 Å². The Kier molecular flexibility index (Phi) is 4.31. The molecule has 0 aliphatic carbocycles. The van der Waals surface area contributed by atoms with Crippen molar-refractivity contribution in [3.63, 3.8) is 0 Å². The van der Waals surface area contributed by atoms with Crippen molar-refractivity contribution in [2.75, 3.05) is 45.1 Å². The van der Waals surface area contributed by atoms with Crippen molar-refractivity contribution in [1.29, 1.82) is 0 Å². The van der Waals surface area contributed by atoms with E-state index in [0.717, 1.165) is 54.9 Å². The molecule has 4 heterocycles. The molecule has 1 atom stereocenters. The molecule has 1 aromatic heterocycles. The van der Waals surface area contributed by atoms with E-state index < -0.39 is 0 Å². The Morgan fingerprint density at radius 3 is 2.83 bits per heavy atom. The van der Waals surface area contributed by atoms with Gasteiger partial charge in [0.15, 0.2) is 0 Å². The zero-order chi connectivity index (χ0) is 20.1. The highest BCUT2D eigenvalue weighted by Crippen LogP contribution is 2.32. The maximum absolute atomic E-state index is 14.4. The summed E-state index contributed by atoms with van der Waals surface area (Å²) in [5, 5.41) is 8.46. The summed E-state index contributed by atoms with van der Waals surface area (Å²) < 4.78 is 16.2. The second-order valence-corrected chi connectivity index (χ2v) is 8.06. The lowest BCUT2D eigenvalue weighted by molar-refractivity contribution is -0.119. The van der Waals surface area contributed by atoms with Gasteiger partial charge in [-0.25, -0.2) is 0 Å². The molecule has 0 spiro atoms. The van der Waals surface area contributed by atoms with Gasteiger partial charge in [0, 0.05) is 51.7 Å². The van der Waals surface area contributed by atoms with E-state index in [-0.39, 0.29) is 17.9 Å². The lowest BCUT2D eigenvalue weighted by Gasteiger charge is -2.38. The molecule has 1 N–H and O–H groups in total. The summed E-state index contributed by atoms with van der Waals surface area (Å²) >= 11 is 0. The Morgan fingerprint density at radius 2 is 2.03 bits per heavy atom. The molecule has 1 saturated heterocycles. The SMILES string of the molecule is C[C@@H]1C(=O)Nc2cc(CN3CCN(C4=C(F)N(C)CC=C4)CC3)cc3cnn1c23. The molecule has 152 valence electrons. The molecule has 0 bridgehead atoms. The topological polar surface area (TPSA) is 56.6 Å². The van der Waals surface area contributed by atoms with Crippen molar-refractivity contribution >= 4 is 22.5 Å². The van der Waals surface area contributed by atoms with Crippen LogP contribution in [0.1, 0.15) is 18.5 Å². The van der Waals surface area contributed by atoms with Crippen LogP contribution in [0.5, 0.6) is 0 Å². The smallest absolute Gasteiger partial charge is 0.249 e. The third kappa shape index (κ3) is 3.07. The maximum Gasteiger partial charge on any atom is 0.249 e.